The molecule has 1 saturated heterocycles. The lowest BCUT2D eigenvalue weighted by Crippen LogP contribution is -2.48. The first-order valence-electron chi connectivity index (χ1n) is 6.07. The predicted octanol–water partition coefficient (Wildman–Crippen LogP) is 0.567. The average molecular weight is 262 g/mol. The first kappa shape index (κ1) is 13.5. The fourth-order valence-corrected chi connectivity index (χ4v) is 1.92. The highest BCUT2D eigenvalue weighted by atomic mass is 16.5. The molecule has 1 fully saturated rings. The van der Waals surface area contributed by atoms with Gasteiger partial charge in [-0.2, -0.15) is 0 Å². The SMILES string of the molecule is CN(CC1(C)COC1)C(=O)C=Cc1cnc(N)nc1. The molecule has 0 bridgehead atoms. The Labute approximate surface area is 112 Å². The van der Waals surface area contributed by atoms with Gasteiger partial charge < -0.3 is 15.4 Å². The molecule has 102 valence electrons. The molecule has 0 unspecified atom stereocenters. The van der Waals surface area contributed by atoms with Crippen LogP contribution in [0, 0.1) is 5.41 Å². The second-order valence-corrected chi connectivity index (χ2v) is 5.21. The van der Waals surface area contributed by atoms with Crippen LogP contribution >= 0.6 is 0 Å². The highest BCUT2D eigenvalue weighted by Crippen LogP contribution is 2.27. The van der Waals surface area contributed by atoms with Gasteiger partial charge in [-0.1, -0.05) is 6.92 Å². The van der Waals surface area contributed by atoms with E-state index in [0.717, 1.165) is 5.56 Å². The molecule has 0 saturated carbocycles. The summed E-state index contributed by atoms with van der Waals surface area (Å²) in [5.41, 5.74) is 6.22. The molecule has 0 spiro atoms. The quantitative estimate of drug-likeness (QED) is 0.802. The third-order valence-electron chi connectivity index (χ3n) is 3.01. The van der Waals surface area contributed by atoms with Gasteiger partial charge in [0.05, 0.1) is 13.2 Å². The van der Waals surface area contributed by atoms with Crippen molar-refractivity contribution in [2.75, 3.05) is 32.5 Å². The third kappa shape index (κ3) is 3.51. The lowest BCUT2D eigenvalue weighted by Gasteiger charge is -2.40. The van der Waals surface area contributed by atoms with E-state index < -0.39 is 0 Å². The van der Waals surface area contributed by atoms with Crippen molar-refractivity contribution in [3.63, 3.8) is 0 Å². The Balaban J connectivity index is 1.90. The van der Waals surface area contributed by atoms with Crippen molar-refractivity contribution in [3.8, 4) is 0 Å². The molecule has 0 radical (unpaired) electrons. The normalized spacial score (nSPS) is 17.2. The monoisotopic (exact) mass is 262 g/mol. The maximum Gasteiger partial charge on any atom is 0.246 e. The first-order chi connectivity index (χ1) is 8.98. The molecule has 2 N–H and O–H groups in total. The first-order valence-corrected chi connectivity index (χ1v) is 6.07. The van der Waals surface area contributed by atoms with Gasteiger partial charge in [0.1, 0.15) is 0 Å². The maximum atomic E-state index is 11.9. The molecular formula is C13H18N4O2. The number of hydrogen-bond donors (Lipinski definition) is 1. The van der Waals surface area contributed by atoms with Gasteiger partial charge in [-0.05, 0) is 6.08 Å². The Morgan fingerprint density at radius 1 is 1.53 bits per heavy atom. The topological polar surface area (TPSA) is 81.3 Å². The summed E-state index contributed by atoms with van der Waals surface area (Å²) < 4.78 is 5.17. The zero-order valence-corrected chi connectivity index (χ0v) is 11.2. The van der Waals surface area contributed by atoms with Crippen LogP contribution in [0.2, 0.25) is 0 Å². The van der Waals surface area contributed by atoms with Crippen molar-refractivity contribution in [2.24, 2.45) is 5.41 Å². The Bertz CT molecular complexity index is 480. The van der Waals surface area contributed by atoms with Gasteiger partial charge in [0.15, 0.2) is 0 Å². The van der Waals surface area contributed by atoms with E-state index in [2.05, 4.69) is 16.9 Å². The molecule has 0 aromatic carbocycles. The van der Waals surface area contributed by atoms with Crippen LogP contribution in [0.4, 0.5) is 5.95 Å². The fraction of sp³-hybridized carbons (Fsp3) is 0.462. The predicted molar refractivity (Wildman–Crippen MR) is 72.0 cm³/mol. The number of nitrogens with two attached hydrogens (primary N) is 1. The number of hydrogen-bond acceptors (Lipinski definition) is 5. The number of likely N-dealkylation sites (N-methyl/N-ethyl adjacent to an activating group) is 1. The number of rotatable bonds is 4. The van der Waals surface area contributed by atoms with Gasteiger partial charge >= 0.3 is 0 Å². The summed E-state index contributed by atoms with van der Waals surface area (Å²) in [7, 11) is 1.79. The molecule has 1 amide bonds. The standard InChI is InChI=1S/C13H18N4O2/c1-13(8-19-9-13)7-17(2)11(18)4-3-10-5-15-12(14)16-6-10/h3-6H,7-9H2,1-2H3,(H2,14,15,16). The van der Waals surface area contributed by atoms with E-state index in [1.807, 2.05) is 0 Å². The molecular weight excluding hydrogens is 244 g/mol. The second kappa shape index (κ2) is 5.36. The minimum atomic E-state index is -0.0510. The highest BCUT2D eigenvalue weighted by Gasteiger charge is 2.35. The van der Waals surface area contributed by atoms with Crippen LogP contribution < -0.4 is 5.73 Å². The Morgan fingerprint density at radius 3 is 2.68 bits per heavy atom. The lowest BCUT2D eigenvalue weighted by atomic mass is 9.88. The number of nitrogens with zero attached hydrogens (tertiary/aromatic N) is 3. The van der Waals surface area contributed by atoms with Crippen LogP contribution in [-0.2, 0) is 9.53 Å². The molecule has 6 nitrogen and oxygen atoms in total. The zero-order valence-electron chi connectivity index (χ0n) is 11.2. The number of carbonyl (C=O) groups excluding carboxylic acids is 1. The van der Waals surface area contributed by atoms with Crippen LogP contribution in [0.1, 0.15) is 12.5 Å². The minimum absolute atomic E-state index is 0.0510. The van der Waals surface area contributed by atoms with E-state index in [0.29, 0.717) is 19.8 Å². The Hall–Kier alpha value is -1.95. The smallest absolute Gasteiger partial charge is 0.246 e. The van der Waals surface area contributed by atoms with E-state index >= 15 is 0 Å². The van der Waals surface area contributed by atoms with Crippen LogP contribution in [0.5, 0.6) is 0 Å². The van der Waals surface area contributed by atoms with E-state index in [1.54, 1.807) is 30.4 Å². The molecule has 1 aliphatic heterocycles. The van der Waals surface area contributed by atoms with Gasteiger partial charge in [0.25, 0.3) is 0 Å². The maximum absolute atomic E-state index is 11.9. The molecule has 1 aromatic heterocycles. The number of carbonyl (C=O) groups is 1. The Morgan fingerprint density at radius 2 is 2.16 bits per heavy atom. The Kier molecular flexibility index (Phi) is 3.80. The highest BCUT2D eigenvalue weighted by molar-refractivity contribution is 5.91. The molecule has 1 aliphatic rings. The molecule has 0 atom stereocenters. The van der Waals surface area contributed by atoms with Crippen LogP contribution in [0.25, 0.3) is 6.08 Å². The molecule has 6 heteroatoms. The largest absolute Gasteiger partial charge is 0.380 e. The summed E-state index contributed by atoms with van der Waals surface area (Å²) in [5, 5.41) is 0. The zero-order chi connectivity index (χ0) is 13.9. The van der Waals surface area contributed by atoms with Crippen molar-refractivity contribution in [2.45, 2.75) is 6.92 Å². The van der Waals surface area contributed by atoms with Crippen molar-refractivity contribution in [1.82, 2.24) is 14.9 Å². The lowest BCUT2D eigenvalue weighted by molar-refractivity contribution is -0.137. The average Bonchev–Trinajstić information content (AvgIpc) is 2.35. The summed E-state index contributed by atoms with van der Waals surface area (Å²) in [4.78, 5) is 21.3. The summed E-state index contributed by atoms with van der Waals surface area (Å²) >= 11 is 0. The molecule has 19 heavy (non-hydrogen) atoms. The molecule has 1 aromatic rings. The van der Waals surface area contributed by atoms with Crippen molar-refractivity contribution >= 4 is 17.9 Å². The van der Waals surface area contributed by atoms with Crippen LogP contribution in [0.15, 0.2) is 18.5 Å². The molecule has 0 aliphatic carbocycles. The van der Waals surface area contributed by atoms with Gasteiger partial charge in [-0.3, -0.25) is 4.79 Å². The van der Waals surface area contributed by atoms with Crippen LogP contribution in [0.3, 0.4) is 0 Å². The molecule has 2 rings (SSSR count). The van der Waals surface area contributed by atoms with Gasteiger partial charge in [0, 0.05) is 43.0 Å². The summed E-state index contributed by atoms with van der Waals surface area (Å²) in [6, 6.07) is 0. The van der Waals surface area contributed by atoms with Crippen molar-refractivity contribution < 1.29 is 9.53 Å². The van der Waals surface area contributed by atoms with E-state index in [1.165, 1.54) is 6.08 Å². The van der Waals surface area contributed by atoms with Crippen molar-refractivity contribution in [1.29, 1.82) is 0 Å². The summed E-state index contributed by atoms with van der Waals surface area (Å²) in [6.45, 7) is 4.21. The van der Waals surface area contributed by atoms with E-state index in [-0.39, 0.29) is 17.3 Å². The molecule has 2 heterocycles. The second-order valence-electron chi connectivity index (χ2n) is 5.21. The summed E-state index contributed by atoms with van der Waals surface area (Å²) in [5.74, 6) is 0.170. The van der Waals surface area contributed by atoms with Gasteiger partial charge in [-0.25, -0.2) is 9.97 Å². The number of nitrogen functional groups attached to an aromatic ring is 1. The van der Waals surface area contributed by atoms with Crippen LogP contribution in [-0.4, -0.2) is 47.6 Å². The summed E-state index contributed by atoms with van der Waals surface area (Å²) in [6.07, 6.45) is 6.34. The van der Waals surface area contributed by atoms with Crippen molar-refractivity contribution in [3.05, 3.63) is 24.0 Å². The van der Waals surface area contributed by atoms with E-state index in [4.69, 9.17) is 10.5 Å². The fourth-order valence-electron chi connectivity index (χ4n) is 1.92. The third-order valence-corrected chi connectivity index (χ3v) is 3.01. The minimum Gasteiger partial charge on any atom is -0.380 e. The number of aromatic nitrogens is 2. The van der Waals surface area contributed by atoms with Gasteiger partial charge in [-0.15, -0.1) is 0 Å². The number of anilines is 1. The van der Waals surface area contributed by atoms with Gasteiger partial charge in [0.2, 0.25) is 11.9 Å². The number of amides is 1. The number of ether oxygens (including phenoxy) is 1. The van der Waals surface area contributed by atoms with E-state index in [9.17, 15) is 4.79 Å².